The van der Waals surface area contributed by atoms with Gasteiger partial charge in [-0.15, -0.1) is 22.7 Å². The number of hydrogen-bond donors (Lipinski definition) is 2. The van der Waals surface area contributed by atoms with E-state index in [1.807, 2.05) is 19.4 Å². The fourth-order valence-electron chi connectivity index (χ4n) is 2.03. The van der Waals surface area contributed by atoms with Gasteiger partial charge in [0.1, 0.15) is 4.21 Å². The molecule has 0 radical (unpaired) electrons. The zero-order valence-corrected chi connectivity index (χ0v) is 14.8. The third kappa shape index (κ3) is 3.92. The molecule has 2 aromatic rings. The van der Waals surface area contributed by atoms with Crippen molar-refractivity contribution in [3.63, 3.8) is 0 Å². The van der Waals surface area contributed by atoms with E-state index in [1.54, 1.807) is 17.4 Å². The average molecular weight is 345 g/mol. The minimum absolute atomic E-state index is 0.363. The molecule has 0 unspecified atom stereocenters. The molecule has 116 valence electrons. The van der Waals surface area contributed by atoms with E-state index in [9.17, 15) is 8.42 Å². The highest BCUT2D eigenvalue weighted by molar-refractivity contribution is 7.91. The predicted octanol–water partition coefficient (Wildman–Crippen LogP) is 2.88. The molecule has 21 heavy (non-hydrogen) atoms. The van der Waals surface area contributed by atoms with Gasteiger partial charge in [-0.05, 0) is 49.0 Å². The van der Waals surface area contributed by atoms with Crippen LogP contribution in [0.1, 0.15) is 27.8 Å². The number of rotatable bonds is 7. The molecule has 2 N–H and O–H groups in total. The SMILES string of the molecule is CCc1ccsc1CNS(=O)(=O)c1cc(C)c(CNC)s1. The molecule has 2 rings (SSSR count). The van der Waals surface area contributed by atoms with E-state index in [-0.39, 0.29) is 0 Å². The summed E-state index contributed by atoms with van der Waals surface area (Å²) in [6.45, 7) is 5.07. The molecule has 4 nitrogen and oxygen atoms in total. The van der Waals surface area contributed by atoms with Gasteiger partial charge in [0.15, 0.2) is 0 Å². The molecule has 0 fully saturated rings. The summed E-state index contributed by atoms with van der Waals surface area (Å²) in [4.78, 5) is 2.15. The van der Waals surface area contributed by atoms with Crippen LogP contribution in [-0.2, 0) is 29.5 Å². The Balaban J connectivity index is 2.13. The minimum atomic E-state index is -3.43. The molecule has 0 atom stereocenters. The Kier molecular flexibility index (Phi) is 5.56. The van der Waals surface area contributed by atoms with E-state index in [1.165, 1.54) is 16.9 Å². The van der Waals surface area contributed by atoms with Crippen LogP contribution in [0.4, 0.5) is 0 Å². The molecule has 0 aromatic carbocycles. The van der Waals surface area contributed by atoms with Gasteiger partial charge in [0.05, 0.1) is 0 Å². The van der Waals surface area contributed by atoms with Gasteiger partial charge >= 0.3 is 0 Å². The lowest BCUT2D eigenvalue weighted by atomic mass is 10.2. The first kappa shape index (κ1) is 16.6. The number of hydrogen-bond acceptors (Lipinski definition) is 5. The third-order valence-electron chi connectivity index (χ3n) is 3.24. The number of aryl methyl sites for hydroxylation is 2. The van der Waals surface area contributed by atoms with Crippen LogP contribution < -0.4 is 10.0 Å². The van der Waals surface area contributed by atoms with E-state index in [4.69, 9.17) is 0 Å². The lowest BCUT2D eigenvalue weighted by Gasteiger charge is -2.05. The van der Waals surface area contributed by atoms with Gasteiger partial charge in [-0.1, -0.05) is 6.92 Å². The Morgan fingerprint density at radius 2 is 2.00 bits per heavy atom. The van der Waals surface area contributed by atoms with E-state index in [2.05, 4.69) is 23.0 Å². The van der Waals surface area contributed by atoms with Crippen LogP contribution in [0.2, 0.25) is 0 Å². The van der Waals surface area contributed by atoms with Crippen LogP contribution >= 0.6 is 22.7 Å². The van der Waals surface area contributed by atoms with Gasteiger partial charge in [0.25, 0.3) is 0 Å². The summed E-state index contributed by atoms with van der Waals surface area (Å²) in [5.74, 6) is 0. The van der Waals surface area contributed by atoms with Gasteiger partial charge in [0.2, 0.25) is 10.0 Å². The summed E-state index contributed by atoms with van der Waals surface area (Å²) in [5.41, 5.74) is 2.22. The highest BCUT2D eigenvalue weighted by atomic mass is 32.2. The average Bonchev–Trinajstić information content (AvgIpc) is 3.04. The summed E-state index contributed by atoms with van der Waals surface area (Å²) in [7, 11) is -1.58. The largest absolute Gasteiger partial charge is 0.315 e. The number of sulfonamides is 1. The molecule has 2 heterocycles. The minimum Gasteiger partial charge on any atom is -0.315 e. The van der Waals surface area contributed by atoms with Crippen molar-refractivity contribution in [3.8, 4) is 0 Å². The van der Waals surface area contributed by atoms with Crippen molar-refractivity contribution in [2.45, 2.75) is 37.6 Å². The molecule has 0 saturated carbocycles. The van der Waals surface area contributed by atoms with Gasteiger partial charge in [-0.2, -0.15) is 0 Å². The maximum Gasteiger partial charge on any atom is 0.250 e. The maximum absolute atomic E-state index is 12.4. The molecule has 0 spiro atoms. The van der Waals surface area contributed by atoms with Crippen molar-refractivity contribution in [1.29, 1.82) is 0 Å². The smallest absolute Gasteiger partial charge is 0.250 e. The molecule has 0 bridgehead atoms. The maximum atomic E-state index is 12.4. The highest BCUT2D eigenvalue weighted by Crippen LogP contribution is 2.26. The molecule has 0 saturated heterocycles. The van der Waals surface area contributed by atoms with Crippen LogP contribution in [0.3, 0.4) is 0 Å². The zero-order valence-electron chi connectivity index (χ0n) is 12.4. The van der Waals surface area contributed by atoms with Crippen molar-refractivity contribution in [1.82, 2.24) is 10.0 Å². The van der Waals surface area contributed by atoms with Crippen LogP contribution in [-0.4, -0.2) is 15.5 Å². The molecule has 0 aliphatic rings. The van der Waals surface area contributed by atoms with Crippen molar-refractivity contribution < 1.29 is 8.42 Å². The van der Waals surface area contributed by atoms with Crippen LogP contribution in [0.5, 0.6) is 0 Å². The fourth-order valence-corrected chi connectivity index (χ4v) is 5.67. The van der Waals surface area contributed by atoms with Crippen molar-refractivity contribution in [2.24, 2.45) is 0 Å². The Morgan fingerprint density at radius 3 is 2.67 bits per heavy atom. The zero-order chi connectivity index (χ0) is 15.5. The Labute approximate surface area is 134 Å². The second-order valence-electron chi connectivity index (χ2n) is 4.75. The second kappa shape index (κ2) is 7.02. The molecule has 0 aliphatic heterocycles. The normalized spacial score (nSPS) is 12.0. The molecule has 2 aromatic heterocycles. The second-order valence-corrected chi connectivity index (χ2v) is 8.88. The van der Waals surface area contributed by atoms with Gasteiger partial charge in [-0.3, -0.25) is 0 Å². The summed E-state index contributed by atoms with van der Waals surface area (Å²) in [6, 6.07) is 3.80. The lowest BCUT2D eigenvalue weighted by molar-refractivity contribution is 0.583. The van der Waals surface area contributed by atoms with Crippen molar-refractivity contribution >= 4 is 32.7 Å². The predicted molar refractivity (Wildman–Crippen MR) is 89.5 cm³/mol. The Morgan fingerprint density at radius 1 is 1.24 bits per heavy atom. The van der Waals surface area contributed by atoms with Crippen LogP contribution in [0.25, 0.3) is 0 Å². The Bertz CT molecular complexity index is 702. The molecular weight excluding hydrogens is 324 g/mol. The summed E-state index contributed by atoms with van der Waals surface area (Å²) in [6.07, 6.45) is 0.922. The third-order valence-corrected chi connectivity index (χ3v) is 7.32. The molecule has 0 aliphatic carbocycles. The van der Waals surface area contributed by atoms with Gasteiger partial charge in [0, 0.05) is 22.8 Å². The topological polar surface area (TPSA) is 58.2 Å². The van der Waals surface area contributed by atoms with E-state index in [0.29, 0.717) is 17.3 Å². The number of nitrogens with one attached hydrogen (secondary N) is 2. The first-order chi connectivity index (χ1) is 9.97. The first-order valence-electron chi connectivity index (χ1n) is 6.76. The van der Waals surface area contributed by atoms with E-state index < -0.39 is 10.0 Å². The quantitative estimate of drug-likeness (QED) is 0.812. The van der Waals surface area contributed by atoms with Crippen LogP contribution in [0.15, 0.2) is 21.7 Å². The first-order valence-corrected chi connectivity index (χ1v) is 9.94. The fraction of sp³-hybridized carbons (Fsp3) is 0.429. The van der Waals surface area contributed by atoms with Crippen molar-refractivity contribution in [3.05, 3.63) is 38.4 Å². The summed E-state index contributed by atoms with van der Waals surface area (Å²) in [5, 5.41) is 5.06. The van der Waals surface area contributed by atoms with Crippen LogP contribution in [0, 0.1) is 6.92 Å². The lowest BCUT2D eigenvalue weighted by Crippen LogP contribution is -2.22. The summed E-state index contributed by atoms with van der Waals surface area (Å²) < 4.78 is 27.9. The number of thiophene rings is 2. The molecule has 0 amide bonds. The molecule has 7 heteroatoms. The van der Waals surface area contributed by atoms with Crippen molar-refractivity contribution in [2.75, 3.05) is 7.05 Å². The Hall–Kier alpha value is -0.730. The molecular formula is C14H20N2O2S3. The monoisotopic (exact) mass is 344 g/mol. The van der Waals surface area contributed by atoms with Gasteiger partial charge < -0.3 is 5.32 Å². The summed E-state index contributed by atoms with van der Waals surface area (Å²) >= 11 is 2.92. The highest BCUT2D eigenvalue weighted by Gasteiger charge is 2.19. The van der Waals surface area contributed by atoms with Gasteiger partial charge in [-0.25, -0.2) is 13.1 Å². The van der Waals surface area contributed by atoms with E-state index >= 15 is 0 Å². The van der Waals surface area contributed by atoms with E-state index in [0.717, 1.165) is 21.7 Å². The standard InChI is InChI=1S/C14H20N2O2S3/c1-4-11-5-6-19-13(11)9-16-21(17,18)14-7-10(2)12(20-14)8-15-3/h5-7,15-16H,4,8-9H2,1-3H3.